The molecule has 0 radical (unpaired) electrons. The van der Waals surface area contributed by atoms with Crippen LogP contribution in [0.2, 0.25) is 0 Å². The Balaban J connectivity index is 4.72. The Kier molecular flexibility index (Phi) is 7.98. The standard InChI is InChI=1S/C12H21NO5/c1-5-17-11(18-6-2)7-10(14)9(12(15)16)8-13(3)4/h8,11H,5-7H2,1-4H3,(H,15,16)/b9-8-. The maximum atomic E-state index is 11.8. The minimum atomic E-state index is -1.25. The van der Waals surface area contributed by atoms with Gasteiger partial charge in [-0.2, -0.15) is 0 Å². The van der Waals surface area contributed by atoms with E-state index in [0.29, 0.717) is 13.2 Å². The van der Waals surface area contributed by atoms with Crippen molar-refractivity contribution < 1.29 is 24.2 Å². The van der Waals surface area contributed by atoms with Crippen molar-refractivity contribution in [2.24, 2.45) is 0 Å². The van der Waals surface area contributed by atoms with Gasteiger partial charge in [-0.25, -0.2) is 4.79 Å². The minimum Gasteiger partial charge on any atom is -0.478 e. The molecule has 0 spiro atoms. The first kappa shape index (κ1) is 16.6. The lowest BCUT2D eigenvalue weighted by atomic mass is 10.1. The van der Waals surface area contributed by atoms with E-state index < -0.39 is 18.0 Å². The van der Waals surface area contributed by atoms with Crippen LogP contribution in [0.25, 0.3) is 0 Å². The Bertz CT molecular complexity index is 306. The highest BCUT2D eigenvalue weighted by Crippen LogP contribution is 2.08. The lowest BCUT2D eigenvalue weighted by Crippen LogP contribution is -2.25. The molecule has 0 amide bonds. The van der Waals surface area contributed by atoms with Gasteiger partial charge >= 0.3 is 5.97 Å². The van der Waals surface area contributed by atoms with Gasteiger partial charge in [-0.3, -0.25) is 4.79 Å². The van der Waals surface area contributed by atoms with E-state index in [-0.39, 0.29) is 12.0 Å². The molecule has 0 saturated carbocycles. The maximum absolute atomic E-state index is 11.8. The molecule has 0 bridgehead atoms. The molecule has 0 fully saturated rings. The predicted molar refractivity (Wildman–Crippen MR) is 66.1 cm³/mol. The fourth-order valence-corrected chi connectivity index (χ4v) is 1.30. The molecule has 104 valence electrons. The van der Waals surface area contributed by atoms with Gasteiger partial charge in [0, 0.05) is 33.5 Å². The van der Waals surface area contributed by atoms with Crippen molar-refractivity contribution in [3.8, 4) is 0 Å². The average molecular weight is 259 g/mol. The average Bonchev–Trinajstić information content (AvgIpc) is 2.25. The molecule has 0 aliphatic rings. The van der Waals surface area contributed by atoms with E-state index >= 15 is 0 Å². The summed E-state index contributed by atoms with van der Waals surface area (Å²) in [6.07, 6.45) is 0.477. The molecular formula is C12H21NO5. The summed E-state index contributed by atoms with van der Waals surface area (Å²) >= 11 is 0. The van der Waals surface area contributed by atoms with Crippen molar-refractivity contribution in [3.63, 3.8) is 0 Å². The van der Waals surface area contributed by atoms with E-state index in [4.69, 9.17) is 14.6 Å². The van der Waals surface area contributed by atoms with E-state index in [2.05, 4.69) is 0 Å². The second-order valence-corrected chi connectivity index (χ2v) is 3.78. The summed E-state index contributed by atoms with van der Waals surface area (Å²) in [4.78, 5) is 24.3. The third-order valence-corrected chi connectivity index (χ3v) is 1.98. The molecule has 0 aliphatic carbocycles. The number of Topliss-reactive ketones (excluding diaryl/α,β-unsaturated/α-hetero) is 1. The molecule has 0 aromatic carbocycles. The minimum absolute atomic E-state index is 0.104. The number of hydrogen-bond acceptors (Lipinski definition) is 5. The molecule has 6 nitrogen and oxygen atoms in total. The van der Waals surface area contributed by atoms with Crippen LogP contribution in [0.1, 0.15) is 20.3 Å². The normalized spacial score (nSPS) is 11.7. The van der Waals surface area contributed by atoms with Gasteiger partial charge in [-0.15, -0.1) is 0 Å². The summed E-state index contributed by atoms with van der Waals surface area (Å²) in [7, 11) is 3.30. The predicted octanol–water partition coefficient (Wildman–Crippen LogP) is 0.875. The van der Waals surface area contributed by atoms with Crippen LogP contribution in [0.5, 0.6) is 0 Å². The molecule has 0 aromatic rings. The Morgan fingerprint density at radius 3 is 2.06 bits per heavy atom. The number of carboxylic acids is 1. The summed E-state index contributed by atoms with van der Waals surface area (Å²) in [5, 5.41) is 8.97. The molecule has 0 heterocycles. The zero-order chi connectivity index (χ0) is 14.1. The quantitative estimate of drug-likeness (QED) is 0.287. The number of aliphatic carboxylic acids is 1. The Morgan fingerprint density at radius 1 is 1.22 bits per heavy atom. The van der Waals surface area contributed by atoms with Gasteiger partial charge in [0.05, 0.1) is 6.42 Å². The van der Waals surface area contributed by atoms with Gasteiger partial charge in [0.25, 0.3) is 0 Å². The second kappa shape index (κ2) is 8.66. The molecule has 1 N–H and O–H groups in total. The molecule has 0 aromatic heterocycles. The summed E-state index contributed by atoms with van der Waals surface area (Å²) in [6.45, 7) is 4.37. The van der Waals surface area contributed by atoms with Gasteiger partial charge in [0.2, 0.25) is 0 Å². The molecule has 0 unspecified atom stereocenters. The van der Waals surface area contributed by atoms with Crippen molar-refractivity contribution >= 4 is 11.8 Å². The third kappa shape index (κ3) is 6.36. The van der Waals surface area contributed by atoms with E-state index in [9.17, 15) is 9.59 Å². The van der Waals surface area contributed by atoms with Gasteiger partial charge < -0.3 is 19.5 Å². The first-order valence-corrected chi connectivity index (χ1v) is 5.80. The maximum Gasteiger partial charge on any atom is 0.340 e. The second-order valence-electron chi connectivity index (χ2n) is 3.78. The zero-order valence-corrected chi connectivity index (χ0v) is 11.3. The van der Waals surface area contributed by atoms with E-state index in [1.165, 1.54) is 11.1 Å². The third-order valence-electron chi connectivity index (χ3n) is 1.98. The largest absolute Gasteiger partial charge is 0.478 e. The zero-order valence-electron chi connectivity index (χ0n) is 11.3. The van der Waals surface area contributed by atoms with E-state index in [0.717, 1.165) is 0 Å². The van der Waals surface area contributed by atoms with Crippen LogP contribution in [0, 0.1) is 0 Å². The highest BCUT2D eigenvalue weighted by atomic mass is 16.7. The smallest absolute Gasteiger partial charge is 0.340 e. The number of ketones is 1. The Morgan fingerprint density at radius 2 is 1.72 bits per heavy atom. The van der Waals surface area contributed by atoms with Crippen LogP contribution in [0.15, 0.2) is 11.8 Å². The number of nitrogens with zero attached hydrogens (tertiary/aromatic N) is 1. The number of hydrogen-bond donors (Lipinski definition) is 1. The molecule has 18 heavy (non-hydrogen) atoms. The monoisotopic (exact) mass is 259 g/mol. The van der Waals surface area contributed by atoms with Crippen LogP contribution >= 0.6 is 0 Å². The van der Waals surface area contributed by atoms with E-state index in [1.54, 1.807) is 27.9 Å². The van der Waals surface area contributed by atoms with Gasteiger partial charge in [-0.1, -0.05) is 0 Å². The summed E-state index contributed by atoms with van der Waals surface area (Å²) in [5.74, 6) is -1.76. The van der Waals surface area contributed by atoms with Crippen LogP contribution in [-0.2, 0) is 19.1 Å². The van der Waals surface area contributed by atoms with Gasteiger partial charge in [0.1, 0.15) is 5.57 Å². The first-order valence-electron chi connectivity index (χ1n) is 5.80. The number of carbonyl (C=O) groups excluding carboxylic acids is 1. The highest BCUT2D eigenvalue weighted by molar-refractivity contribution is 6.16. The fourth-order valence-electron chi connectivity index (χ4n) is 1.30. The molecule has 0 saturated heterocycles. The summed E-state index contributed by atoms with van der Waals surface area (Å²) in [6, 6.07) is 0. The first-order chi connectivity index (χ1) is 8.42. The summed E-state index contributed by atoms with van der Waals surface area (Å²) < 4.78 is 10.4. The molecule has 0 aliphatic heterocycles. The molecule has 0 rings (SSSR count). The van der Waals surface area contributed by atoms with E-state index in [1.807, 2.05) is 0 Å². The van der Waals surface area contributed by atoms with Crippen molar-refractivity contribution in [1.29, 1.82) is 0 Å². The van der Waals surface area contributed by atoms with Crippen LogP contribution in [-0.4, -0.2) is 55.4 Å². The lowest BCUT2D eigenvalue weighted by Gasteiger charge is -2.16. The number of ether oxygens (including phenoxy) is 2. The van der Waals surface area contributed by atoms with Gasteiger partial charge in [-0.05, 0) is 13.8 Å². The van der Waals surface area contributed by atoms with Crippen molar-refractivity contribution in [3.05, 3.63) is 11.8 Å². The Hall–Kier alpha value is -1.40. The number of carboxylic acid groups (broad SMARTS) is 1. The SMILES string of the molecule is CCOC(CC(=O)/C(=C/N(C)C)C(=O)O)OCC. The Labute approximate surface area is 107 Å². The van der Waals surface area contributed by atoms with Crippen molar-refractivity contribution in [2.75, 3.05) is 27.3 Å². The fraction of sp³-hybridized carbons (Fsp3) is 0.667. The van der Waals surface area contributed by atoms with Crippen molar-refractivity contribution in [2.45, 2.75) is 26.6 Å². The number of rotatable bonds is 9. The topological polar surface area (TPSA) is 76.1 Å². The summed E-state index contributed by atoms with van der Waals surface area (Å²) in [5.41, 5.74) is -0.274. The van der Waals surface area contributed by atoms with Crippen LogP contribution in [0.3, 0.4) is 0 Å². The number of carbonyl (C=O) groups is 2. The molecular weight excluding hydrogens is 238 g/mol. The van der Waals surface area contributed by atoms with Crippen LogP contribution < -0.4 is 0 Å². The molecule has 6 heteroatoms. The van der Waals surface area contributed by atoms with Gasteiger partial charge in [0.15, 0.2) is 12.1 Å². The molecule has 0 atom stereocenters. The lowest BCUT2D eigenvalue weighted by molar-refractivity contribution is -0.151. The van der Waals surface area contributed by atoms with Crippen molar-refractivity contribution in [1.82, 2.24) is 4.90 Å². The van der Waals surface area contributed by atoms with Crippen LogP contribution in [0.4, 0.5) is 0 Å². The highest BCUT2D eigenvalue weighted by Gasteiger charge is 2.22.